The molecule has 2 atom stereocenters. The summed E-state index contributed by atoms with van der Waals surface area (Å²) in [4.78, 5) is 13.6. The summed E-state index contributed by atoms with van der Waals surface area (Å²) < 4.78 is 5.20. The summed E-state index contributed by atoms with van der Waals surface area (Å²) in [6.45, 7) is 5.10. The topological polar surface area (TPSA) is 70.0 Å². The zero-order chi connectivity index (χ0) is 15.6. The van der Waals surface area contributed by atoms with Crippen molar-refractivity contribution in [1.82, 2.24) is 4.90 Å². The molecular weight excluding hydrogens is 270 g/mol. The molecule has 0 amide bonds. The molecular formula is C16H23NO4. The first-order valence-electron chi connectivity index (χ1n) is 7.22. The van der Waals surface area contributed by atoms with E-state index in [2.05, 4.69) is 4.90 Å². The van der Waals surface area contributed by atoms with Crippen LogP contribution in [0.5, 0.6) is 11.5 Å². The molecule has 5 nitrogen and oxygen atoms in total. The first kappa shape index (κ1) is 15.6. The predicted octanol–water partition coefficient (Wildman–Crippen LogP) is 2.65. The Morgan fingerprint density at radius 3 is 2.81 bits per heavy atom. The van der Waals surface area contributed by atoms with Crippen LogP contribution in [-0.4, -0.2) is 41.3 Å². The fourth-order valence-electron chi connectivity index (χ4n) is 2.97. The van der Waals surface area contributed by atoms with E-state index in [-0.39, 0.29) is 11.8 Å². The summed E-state index contributed by atoms with van der Waals surface area (Å²) in [6, 6.07) is 5.08. The summed E-state index contributed by atoms with van der Waals surface area (Å²) in [5.41, 5.74) is 0.0463. The molecule has 1 aromatic carbocycles. The number of piperidine rings is 1. The zero-order valence-corrected chi connectivity index (χ0v) is 12.8. The maximum absolute atomic E-state index is 11.5. The highest BCUT2D eigenvalue weighted by atomic mass is 16.5. The smallest absolute Gasteiger partial charge is 0.310 e. The third-order valence-corrected chi connectivity index (χ3v) is 4.47. The Morgan fingerprint density at radius 2 is 2.19 bits per heavy atom. The second-order valence-corrected chi connectivity index (χ2v) is 6.04. The van der Waals surface area contributed by atoms with E-state index in [4.69, 9.17) is 4.74 Å². The van der Waals surface area contributed by atoms with Crippen LogP contribution >= 0.6 is 0 Å². The van der Waals surface area contributed by atoms with Crippen LogP contribution in [0.1, 0.15) is 38.3 Å². The number of hydrogen-bond acceptors (Lipinski definition) is 4. The van der Waals surface area contributed by atoms with Crippen LogP contribution in [0, 0.1) is 5.41 Å². The van der Waals surface area contributed by atoms with Gasteiger partial charge in [0, 0.05) is 18.2 Å². The van der Waals surface area contributed by atoms with E-state index >= 15 is 0 Å². The summed E-state index contributed by atoms with van der Waals surface area (Å²) in [6.07, 6.45) is 1.54. The summed E-state index contributed by atoms with van der Waals surface area (Å²) in [5, 5.41) is 19.5. The van der Waals surface area contributed by atoms with Gasteiger partial charge in [-0.15, -0.1) is 0 Å². The second kappa shape index (κ2) is 5.93. The van der Waals surface area contributed by atoms with Gasteiger partial charge in [0.2, 0.25) is 0 Å². The number of carboxylic acids is 1. The Bertz CT molecular complexity index is 531. The van der Waals surface area contributed by atoms with Crippen molar-refractivity contribution >= 4 is 5.97 Å². The van der Waals surface area contributed by atoms with Crippen LogP contribution in [0.4, 0.5) is 0 Å². The predicted molar refractivity (Wildman–Crippen MR) is 79.6 cm³/mol. The van der Waals surface area contributed by atoms with Crippen LogP contribution in [-0.2, 0) is 4.79 Å². The van der Waals surface area contributed by atoms with Gasteiger partial charge in [-0.05, 0) is 51.4 Å². The number of nitrogens with zero attached hydrogens (tertiary/aromatic N) is 1. The Hall–Kier alpha value is -1.75. The number of hydrogen-bond donors (Lipinski definition) is 2. The molecule has 21 heavy (non-hydrogen) atoms. The van der Waals surface area contributed by atoms with Crippen LogP contribution < -0.4 is 4.74 Å². The van der Waals surface area contributed by atoms with Crippen molar-refractivity contribution in [1.29, 1.82) is 0 Å². The number of ether oxygens (including phenoxy) is 1. The molecule has 1 saturated heterocycles. The lowest BCUT2D eigenvalue weighted by atomic mass is 9.81. The van der Waals surface area contributed by atoms with Gasteiger partial charge in [-0.3, -0.25) is 9.69 Å². The molecule has 5 heteroatoms. The first-order chi connectivity index (χ1) is 9.87. The molecule has 2 rings (SSSR count). The van der Waals surface area contributed by atoms with Gasteiger partial charge in [-0.2, -0.15) is 0 Å². The highest BCUT2D eigenvalue weighted by Gasteiger charge is 2.39. The van der Waals surface area contributed by atoms with Gasteiger partial charge >= 0.3 is 5.97 Å². The molecule has 0 aliphatic carbocycles. The van der Waals surface area contributed by atoms with Gasteiger partial charge in [-0.1, -0.05) is 0 Å². The monoisotopic (exact) mass is 293 g/mol. The lowest BCUT2D eigenvalue weighted by molar-refractivity contribution is -0.151. The third kappa shape index (κ3) is 3.13. The van der Waals surface area contributed by atoms with E-state index in [1.807, 2.05) is 13.0 Å². The summed E-state index contributed by atoms with van der Waals surface area (Å²) in [5.74, 6) is 0.146. The van der Waals surface area contributed by atoms with Crippen molar-refractivity contribution in [2.75, 3.05) is 20.2 Å². The number of methoxy groups -OCH3 is 1. The average molecular weight is 293 g/mol. The summed E-state index contributed by atoms with van der Waals surface area (Å²) >= 11 is 0. The molecule has 0 aromatic heterocycles. The highest BCUT2D eigenvalue weighted by Crippen LogP contribution is 2.37. The minimum Gasteiger partial charge on any atom is -0.508 e. The number of phenols is 1. The molecule has 1 aliphatic rings. The third-order valence-electron chi connectivity index (χ3n) is 4.47. The highest BCUT2D eigenvalue weighted by molar-refractivity contribution is 5.74. The molecule has 116 valence electrons. The lowest BCUT2D eigenvalue weighted by Gasteiger charge is -2.41. The number of aromatic hydroxyl groups is 1. The Kier molecular flexibility index (Phi) is 4.42. The van der Waals surface area contributed by atoms with E-state index in [9.17, 15) is 15.0 Å². The fraction of sp³-hybridized carbons (Fsp3) is 0.562. The van der Waals surface area contributed by atoms with Crippen LogP contribution in [0.25, 0.3) is 0 Å². The molecule has 1 aromatic rings. The number of carbonyl (C=O) groups is 1. The van der Waals surface area contributed by atoms with Crippen molar-refractivity contribution in [2.45, 2.75) is 32.7 Å². The number of phenolic OH excluding ortho intramolecular Hbond substituents is 1. The van der Waals surface area contributed by atoms with Crippen LogP contribution in [0.3, 0.4) is 0 Å². The molecule has 1 fully saturated rings. The largest absolute Gasteiger partial charge is 0.508 e. The first-order valence-corrected chi connectivity index (χ1v) is 7.22. The molecule has 2 unspecified atom stereocenters. The zero-order valence-electron chi connectivity index (χ0n) is 12.8. The van der Waals surface area contributed by atoms with Crippen molar-refractivity contribution in [3.8, 4) is 11.5 Å². The van der Waals surface area contributed by atoms with Crippen molar-refractivity contribution in [3.63, 3.8) is 0 Å². The van der Waals surface area contributed by atoms with Gasteiger partial charge in [0.25, 0.3) is 0 Å². The Labute approximate surface area is 125 Å². The van der Waals surface area contributed by atoms with E-state index in [1.54, 1.807) is 26.2 Å². The molecule has 1 aliphatic heterocycles. The molecule has 0 saturated carbocycles. The minimum atomic E-state index is -0.755. The fourth-order valence-corrected chi connectivity index (χ4v) is 2.97. The van der Waals surface area contributed by atoms with Gasteiger partial charge in [-0.25, -0.2) is 0 Å². The standard InChI is InChI=1S/C16H23NO4/c1-11(13-9-12(21-3)5-6-14(13)18)17-8-4-7-16(2,10-17)15(19)20/h5-6,9,11,18H,4,7-8,10H2,1-3H3,(H,19,20). The second-order valence-electron chi connectivity index (χ2n) is 6.04. The van der Waals surface area contributed by atoms with Gasteiger partial charge in [0.1, 0.15) is 11.5 Å². The van der Waals surface area contributed by atoms with E-state index in [0.717, 1.165) is 18.5 Å². The van der Waals surface area contributed by atoms with Crippen LogP contribution in [0.15, 0.2) is 18.2 Å². The van der Waals surface area contributed by atoms with Crippen LogP contribution in [0.2, 0.25) is 0 Å². The Balaban J connectivity index is 2.23. The number of aliphatic carboxylic acids is 1. The summed E-state index contributed by atoms with van der Waals surface area (Å²) in [7, 11) is 1.59. The normalized spacial score (nSPS) is 24.5. The van der Waals surface area contributed by atoms with Crippen molar-refractivity contribution in [2.24, 2.45) is 5.41 Å². The Morgan fingerprint density at radius 1 is 1.48 bits per heavy atom. The molecule has 0 radical (unpaired) electrons. The minimum absolute atomic E-state index is 0.0564. The number of likely N-dealkylation sites (tertiary alicyclic amines) is 1. The maximum atomic E-state index is 11.5. The van der Waals surface area contributed by atoms with E-state index < -0.39 is 11.4 Å². The van der Waals surface area contributed by atoms with E-state index in [0.29, 0.717) is 18.7 Å². The molecule has 2 N–H and O–H groups in total. The number of benzene rings is 1. The average Bonchev–Trinajstić information content (AvgIpc) is 2.47. The quantitative estimate of drug-likeness (QED) is 0.893. The van der Waals surface area contributed by atoms with Crippen molar-refractivity contribution in [3.05, 3.63) is 23.8 Å². The molecule has 0 spiro atoms. The molecule has 1 heterocycles. The van der Waals surface area contributed by atoms with Gasteiger partial charge < -0.3 is 14.9 Å². The van der Waals surface area contributed by atoms with Crippen molar-refractivity contribution < 1.29 is 19.7 Å². The number of rotatable bonds is 4. The van der Waals surface area contributed by atoms with E-state index in [1.165, 1.54) is 0 Å². The molecule has 0 bridgehead atoms. The SMILES string of the molecule is COc1ccc(O)c(C(C)N2CCCC(C)(C(=O)O)C2)c1. The van der Waals surface area contributed by atoms with Gasteiger partial charge in [0.05, 0.1) is 12.5 Å². The number of carboxylic acid groups (broad SMARTS) is 1. The maximum Gasteiger partial charge on any atom is 0.310 e. The lowest BCUT2D eigenvalue weighted by Crippen LogP contribution is -2.46. The van der Waals surface area contributed by atoms with Gasteiger partial charge in [0.15, 0.2) is 0 Å².